The predicted octanol–water partition coefficient (Wildman–Crippen LogP) is 6.47. The molecule has 1 aromatic heterocycles. The number of pyridine rings is 1. The minimum atomic E-state index is -0.802. The Bertz CT molecular complexity index is 1500. The number of nitrogens with zero attached hydrogens (tertiary/aromatic N) is 1. The molecule has 2 spiro atoms. The van der Waals surface area contributed by atoms with E-state index in [1.54, 1.807) is 0 Å². The van der Waals surface area contributed by atoms with E-state index in [4.69, 9.17) is 4.98 Å². The molecule has 3 nitrogen and oxygen atoms in total. The predicted molar refractivity (Wildman–Crippen MR) is 134 cm³/mol. The van der Waals surface area contributed by atoms with Gasteiger partial charge in [0.1, 0.15) is 11.6 Å². The summed E-state index contributed by atoms with van der Waals surface area (Å²) in [5.74, 6) is 0.303. The van der Waals surface area contributed by atoms with Gasteiger partial charge in [0.05, 0.1) is 16.6 Å². The van der Waals surface area contributed by atoms with Gasteiger partial charge in [-0.3, -0.25) is 9.59 Å². The van der Waals surface area contributed by atoms with Gasteiger partial charge in [0.25, 0.3) is 0 Å². The second-order valence-electron chi connectivity index (χ2n) is 10.3. The first-order valence-corrected chi connectivity index (χ1v) is 12.2. The molecule has 2 fully saturated rings. The molecule has 2 saturated carbocycles. The number of carbonyl (C=O) groups is 2. The minimum absolute atomic E-state index is 0.146. The molecule has 0 aliphatic heterocycles. The summed E-state index contributed by atoms with van der Waals surface area (Å²) < 4.78 is 0. The van der Waals surface area contributed by atoms with Crippen LogP contribution in [0.1, 0.15) is 43.2 Å². The van der Waals surface area contributed by atoms with Crippen molar-refractivity contribution in [3.05, 3.63) is 90.0 Å². The van der Waals surface area contributed by atoms with Gasteiger partial charge in [-0.2, -0.15) is 0 Å². The number of ketones is 2. The lowest BCUT2D eigenvalue weighted by Crippen LogP contribution is -2.34. The van der Waals surface area contributed by atoms with E-state index in [9.17, 15) is 9.59 Å². The van der Waals surface area contributed by atoms with Crippen LogP contribution in [0.5, 0.6) is 0 Å². The number of hydrogen-bond acceptors (Lipinski definition) is 3. The monoisotopic (exact) mass is 443 g/mol. The Morgan fingerprint density at radius 1 is 0.765 bits per heavy atom. The first-order chi connectivity index (χ1) is 16.6. The van der Waals surface area contributed by atoms with Crippen molar-refractivity contribution in [3.63, 3.8) is 0 Å². The third-order valence-electron chi connectivity index (χ3n) is 8.50. The highest BCUT2D eigenvalue weighted by atomic mass is 16.2. The number of fused-ring (bicyclic) bond motifs is 5. The smallest absolute Gasteiger partial charge is 0.147 e. The quantitative estimate of drug-likeness (QED) is 0.317. The fourth-order valence-corrected chi connectivity index (χ4v) is 7.11. The molecule has 1 heterocycles. The number of carbonyl (C=O) groups excluding carboxylic acids is 2. The molecule has 166 valence electrons. The molecule has 7 rings (SSSR count). The first kappa shape index (κ1) is 19.8. The first-order valence-electron chi connectivity index (χ1n) is 12.2. The van der Waals surface area contributed by atoms with Gasteiger partial charge in [-0.25, -0.2) is 4.98 Å². The summed E-state index contributed by atoms with van der Waals surface area (Å²) in [6.07, 6.45) is 3.86. The van der Waals surface area contributed by atoms with Crippen molar-refractivity contribution in [2.45, 2.75) is 43.9 Å². The van der Waals surface area contributed by atoms with E-state index in [1.165, 1.54) is 16.7 Å². The van der Waals surface area contributed by atoms with Crippen LogP contribution < -0.4 is 0 Å². The summed E-state index contributed by atoms with van der Waals surface area (Å²) in [5.41, 5.74) is 6.59. The molecule has 0 radical (unpaired) electrons. The van der Waals surface area contributed by atoms with Crippen LogP contribution in [0.4, 0.5) is 0 Å². The second kappa shape index (κ2) is 6.96. The summed E-state index contributed by atoms with van der Waals surface area (Å²) in [5, 5.41) is 1.11. The van der Waals surface area contributed by atoms with Crippen molar-refractivity contribution in [1.29, 1.82) is 0 Å². The van der Waals surface area contributed by atoms with Gasteiger partial charge in [0.2, 0.25) is 0 Å². The molecular formula is C31H25NO2. The summed E-state index contributed by atoms with van der Waals surface area (Å²) in [6, 6.07) is 27.3. The molecule has 3 aliphatic carbocycles. The molecule has 0 saturated heterocycles. The number of rotatable bonds is 1. The third-order valence-corrected chi connectivity index (χ3v) is 8.50. The van der Waals surface area contributed by atoms with Crippen molar-refractivity contribution >= 4 is 22.5 Å². The van der Waals surface area contributed by atoms with Gasteiger partial charge < -0.3 is 0 Å². The minimum Gasteiger partial charge on any atom is -0.299 e. The zero-order valence-corrected chi connectivity index (χ0v) is 19.0. The Hall–Kier alpha value is -3.59. The Kier molecular flexibility index (Phi) is 4.06. The van der Waals surface area contributed by atoms with E-state index in [0.717, 1.165) is 40.6 Å². The molecule has 0 N–H and O–H groups in total. The van der Waals surface area contributed by atoms with Gasteiger partial charge in [-0.05, 0) is 54.0 Å². The lowest BCUT2D eigenvalue weighted by atomic mass is 9.64. The Balaban J connectivity index is 1.61. The number of Topliss-reactive ketones (excluding diaryl/α,β-unsaturated/α-hetero) is 2. The van der Waals surface area contributed by atoms with E-state index >= 15 is 0 Å². The van der Waals surface area contributed by atoms with E-state index < -0.39 is 10.8 Å². The second-order valence-corrected chi connectivity index (χ2v) is 10.3. The van der Waals surface area contributed by atoms with Crippen molar-refractivity contribution in [2.75, 3.05) is 0 Å². The number of benzene rings is 3. The van der Waals surface area contributed by atoms with E-state index in [1.807, 2.05) is 12.1 Å². The lowest BCUT2D eigenvalue weighted by Gasteiger charge is -2.39. The summed E-state index contributed by atoms with van der Waals surface area (Å²) in [7, 11) is 0. The van der Waals surface area contributed by atoms with E-state index in [2.05, 4.69) is 66.7 Å². The van der Waals surface area contributed by atoms with Crippen LogP contribution >= 0.6 is 0 Å². The SMILES string of the molecule is O=C1CCC[C@@]12CC1(CC2=O)Cc2ccccc2-c2nc3ccccc3c(-c3ccccc3)c21. The van der Waals surface area contributed by atoms with Crippen LogP contribution in [-0.2, 0) is 21.4 Å². The standard InChI is InChI=1S/C31H25NO2/c33-25-15-8-16-31(25)19-30(18-26(31)34)17-21-11-4-5-12-22(21)29-28(30)27(20-9-2-1-3-10-20)23-13-6-7-14-24(23)32-29/h1-7,9-14H,8,15-19H2/t30?,31-/m1/s1. The fraction of sp³-hybridized carbons (Fsp3) is 0.258. The molecule has 3 heteroatoms. The Labute approximate surface area is 198 Å². The highest BCUT2D eigenvalue weighted by Crippen LogP contribution is 2.61. The van der Waals surface area contributed by atoms with Crippen LogP contribution in [-0.4, -0.2) is 16.6 Å². The molecule has 2 atom stereocenters. The van der Waals surface area contributed by atoms with Crippen molar-refractivity contribution in [1.82, 2.24) is 4.98 Å². The van der Waals surface area contributed by atoms with Crippen LogP contribution in [0.15, 0.2) is 78.9 Å². The fourth-order valence-electron chi connectivity index (χ4n) is 7.11. The van der Waals surface area contributed by atoms with Crippen LogP contribution in [0.3, 0.4) is 0 Å². The van der Waals surface area contributed by atoms with Gasteiger partial charge in [0, 0.05) is 29.2 Å². The maximum Gasteiger partial charge on any atom is 0.147 e. The number of hydrogen-bond donors (Lipinski definition) is 0. The molecule has 34 heavy (non-hydrogen) atoms. The molecule has 0 bridgehead atoms. The summed E-state index contributed by atoms with van der Waals surface area (Å²) in [4.78, 5) is 32.0. The Morgan fingerprint density at radius 3 is 2.35 bits per heavy atom. The molecule has 4 aromatic rings. The zero-order valence-electron chi connectivity index (χ0n) is 19.0. The van der Waals surface area contributed by atoms with Crippen LogP contribution in [0.25, 0.3) is 33.3 Å². The highest BCUT2D eigenvalue weighted by Gasteiger charge is 2.61. The number of aromatic nitrogens is 1. The average molecular weight is 444 g/mol. The number of para-hydroxylation sites is 1. The summed E-state index contributed by atoms with van der Waals surface area (Å²) >= 11 is 0. The third kappa shape index (κ3) is 2.55. The van der Waals surface area contributed by atoms with E-state index in [-0.39, 0.29) is 11.6 Å². The van der Waals surface area contributed by atoms with Gasteiger partial charge in [-0.1, -0.05) is 72.8 Å². The van der Waals surface area contributed by atoms with Gasteiger partial charge >= 0.3 is 0 Å². The van der Waals surface area contributed by atoms with Crippen LogP contribution in [0.2, 0.25) is 0 Å². The Morgan fingerprint density at radius 2 is 1.53 bits per heavy atom. The average Bonchev–Trinajstić information content (AvgIpc) is 3.37. The van der Waals surface area contributed by atoms with Gasteiger partial charge in [-0.15, -0.1) is 0 Å². The molecule has 1 unspecified atom stereocenters. The zero-order chi connectivity index (χ0) is 22.9. The van der Waals surface area contributed by atoms with Crippen LogP contribution in [0, 0.1) is 5.41 Å². The van der Waals surface area contributed by atoms with Crippen molar-refractivity contribution in [2.24, 2.45) is 5.41 Å². The molecule has 3 aromatic carbocycles. The summed E-state index contributed by atoms with van der Waals surface area (Å²) in [6.45, 7) is 0. The van der Waals surface area contributed by atoms with Crippen molar-refractivity contribution in [3.8, 4) is 22.4 Å². The van der Waals surface area contributed by atoms with Crippen molar-refractivity contribution < 1.29 is 9.59 Å². The molecule has 0 amide bonds. The highest BCUT2D eigenvalue weighted by molar-refractivity contribution is 6.11. The maximum atomic E-state index is 13.7. The topological polar surface area (TPSA) is 47.0 Å². The normalized spacial score (nSPS) is 25.3. The molecule has 3 aliphatic rings. The largest absolute Gasteiger partial charge is 0.299 e. The van der Waals surface area contributed by atoms with E-state index in [0.29, 0.717) is 25.7 Å². The maximum absolute atomic E-state index is 13.7. The lowest BCUT2D eigenvalue weighted by molar-refractivity contribution is -0.136. The molecular weight excluding hydrogens is 418 g/mol. The van der Waals surface area contributed by atoms with Gasteiger partial charge in [0.15, 0.2) is 0 Å².